The maximum absolute atomic E-state index is 12.7. The highest BCUT2D eigenvalue weighted by atomic mass is 19.4. The zero-order valence-corrected chi connectivity index (χ0v) is 14.5. The number of fused-ring (bicyclic) bond motifs is 1. The number of nitrogens with zero attached hydrogens (tertiary/aromatic N) is 2. The van der Waals surface area contributed by atoms with Crippen molar-refractivity contribution in [3.63, 3.8) is 0 Å². The smallest absolute Gasteiger partial charge is 0.341 e. The van der Waals surface area contributed by atoms with Crippen LogP contribution in [0.5, 0.6) is 0 Å². The van der Waals surface area contributed by atoms with Crippen LogP contribution in [0.1, 0.15) is 44.0 Å². The molecule has 4 rings (SSSR count). The highest BCUT2D eigenvalue weighted by Gasteiger charge is 2.54. The van der Waals surface area contributed by atoms with Gasteiger partial charge < -0.3 is 5.32 Å². The number of amides is 1. The molecule has 6 nitrogen and oxygen atoms in total. The van der Waals surface area contributed by atoms with Crippen molar-refractivity contribution in [3.8, 4) is 0 Å². The number of hydrazine groups is 1. The molecule has 9 heteroatoms. The SMILES string of the molecule is CC1NC(=O)C2C(C3CC3)NN([C@H](C)c3ccc(C(F)(F)F)nc3)C2N1. The average molecular weight is 369 g/mol. The zero-order valence-electron chi connectivity index (χ0n) is 14.5. The van der Waals surface area contributed by atoms with Crippen LogP contribution in [-0.2, 0) is 11.0 Å². The van der Waals surface area contributed by atoms with Crippen LogP contribution < -0.4 is 16.1 Å². The van der Waals surface area contributed by atoms with Crippen LogP contribution in [0.3, 0.4) is 0 Å². The highest BCUT2D eigenvalue weighted by Crippen LogP contribution is 2.42. The predicted molar refractivity (Wildman–Crippen MR) is 87.2 cm³/mol. The molecule has 0 radical (unpaired) electrons. The van der Waals surface area contributed by atoms with Crippen LogP contribution in [0.25, 0.3) is 0 Å². The van der Waals surface area contributed by atoms with Crippen LogP contribution in [0, 0.1) is 11.8 Å². The first kappa shape index (κ1) is 17.7. The van der Waals surface area contributed by atoms with Gasteiger partial charge in [0.1, 0.15) is 5.69 Å². The number of pyridine rings is 1. The summed E-state index contributed by atoms with van der Waals surface area (Å²) >= 11 is 0. The molecule has 2 aliphatic heterocycles. The second kappa shape index (κ2) is 6.17. The summed E-state index contributed by atoms with van der Waals surface area (Å²) in [5.41, 5.74) is 3.21. The van der Waals surface area contributed by atoms with Crippen molar-refractivity contribution >= 4 is 5.91 Å². The van der Waals surface area contributed by atoms with Gasteiger partial charge in [-0.15, -0.1) is 0 Å². The van der Waals surface area contributed by atoms with E-state index in [0.29, 0.717) is 11.5 Å². The summed E-state index contributed by atoms with van der Waals surface area (Å²) in [4.78, 5) is 16.1. The van der Waals surface area contributed by atoms with Crippen molar-refractivity contribution in [2.24, 2.45) is 11.8 Å². The first-order valence-corrected chi connectivity index (χ1v) is 8.90. The van der Waals surface area contributed by atoms with Crippen molar-refractivity contribution in [1.82, 2.24) is 26.1 Å². The van der Waals surface area contributed by atoms with E-state index in [-0.39, 0.29) is 36.2 Å². The fraction of sp³-hybridized carbons (Fsp3) is 0.647. The number of alkyl halides is 3. The lowest BCUT2D eigenvalue weighted by Crippen LogP contribution is -2.63. The Bertz CT molecular complexity index is 691. The number of carbonyl (C=O) groups is 1. The van der Waals surface area contributed by atoms with E-state index in [9.17, 15) is 18.0 Å². The molecule has 0 spiro atoms. The Kier molecular flexibility index (Phi) is 4.20. The molecule has 1 aromatic rings. The predicted octanol–water partition coefficient (Wildman–Crippen LogP) is 1.77. The van der Waals surface area contributed by atoms with Crippen LogP contribution in [-0.4, -0.2) is 34.3 Å². The molecule has 1 saturated carbocycles. The van der Waals surface area contributed by atoms with Crippen LogP contribution in [0.4, 0.5) is 13.2 Å². The van der Waals surface area contributed by atoms with Gasteiger partial charge in [0.05, 0.1) is 18.2 Å². The third kappa shape index (κ3) is 3.08. The lowest BCUT2D eigenvalue weighted by Gasteiger charge is -2.38. The number of carbonyl (C=O) groups excluding carboxylic acids is 1. The molecular formula is C17H22F3N5O. The number of hydrogen-bond acceptors (Lipinski definition) is 5. The summed E-state index contributed by atoms with van der Waals surface area (Å²) in [5, 5.41) is 8.29. The van der Waals surface area contributed by atoms with Gasteiger partial charge in [-0.2, -0.15) is 13.2 Å². The minimum atomic E-state index is -4.45. The van der Waals surface area contributed by atoms with E-state index in [1.807, 2.05) is 18.9 Å². The molecule has 4 unspecified atom stereocenters. The molecule has 3 fully saturated rings. The summed E-state index contributed by atoms with van der Waals surface area (Å²) in [7, 11) is 0. The summed E-state index contributed by atoms with van der Waals surface area (Å²) in [5.74, 6) is 0.265. The molecule has 142 valence electrons. The van der Waals surface area contributed by atoms with Crippen LogP contribution >= 0.6 is 0 Å². The summed E-state index contributed by atoms with van der Waals surface area (Å²) < 4.78 is 38.2. The van der Waals surface area contributed by atoms with E-state index < -0.39 is 11.9 Å². The normalized spacial score (nSPS) is 33.7. The Morgan fingerprint density at radius 1 is 1.31 bits per heavy atom. The molecule has 0 aromatic carbocycles. The average Bonchev–Trinajstić information content (AvgIpc) is 3.34. The molecule has 3 aliphatic rings. The molecular weight excluding hydrogens is 347 g/mol. The lowest BCUT2D eigenvalue weighted by atomic mass is 9.92. The van der Waals surface area contributed by atoms with Crippen LogP contribution in [0.15, 0.2) is 18.3 Å². The first-order chi connectivity index (χ1) is 12.3. The topological polar surface area (TPSA) is 69.3 Å². The molecule has 5 atom stereocenters. The minimum Gasteiger partial charge on any atom is -0.341 e. The summed E-state index contributed by atoms with van der Waals surface area (Å²) in [6.07, 6.45) is -1.37. The van der Waals surface area contributed by atoms with Gasteiger partial charge >= 0.3 is 6.18 Å². The molecule has 3 heterocycles. The van der Waals surface area contributed by atoms with Crippen molar-refractivity contribution < 1.29 is 18.0 Å². The molecule has 2 saturated heterocycles. The Morgan fingerprint density at radius 3 is 2.62 bits per heavy atom. The van der Waals surface area contributed by atoms with Gasteiger partial charge in [-0.25, -0.2) is 10.4 Å². The highest BCUT2D eigenvalue weighted by molar-refractivity contribution is 5.81. The van der Waals surface area contributed by atoms with Gasteiger partial charge in [0, 0.05) is 18.3 Å². The van der Waals surface area contributed by atoms with E-state index in [1.165, 1.54) is 12.3 Å². The van der Waals surface area contributed by atoms with Gasteiger partial charge in [0.25, 0.3) is 0 Å². The molecule has 3 N–H and O–H groups in total. The molecule has 1 amide bonds. The van der Waals surface area contributed by atoms with Gasteiger partial charge in [0.15, 0.2) is 0 Å². The summed E-state index contributed by atoms with van der Waals surface area (Å²) in [6, 6.07) is 2.27. The van der Waals surface area contributed by atoms with Gasteiger partial charge in [-0.3, -0.25) is 15.1 Å². The van der Waals surface area contributed by atoms with Crippen molar-refractivity contribution in [3.05, 3.63) is 29.6 Å². The first-order valence-electron chi connectivity index (χ1n) is 8.90. The molecule has 26 heavy (non-hydrogen) atoms. The number of aromatic nitrogens is 1. The molecule has 1 aliphatic carbocycles. The van der Waals surface area contributed by atoms with E-state index in [4.69, 9.17) is 0 Å². The molecule has 1 aromatic heterocycles. The van der Waals surface area contributed by atoms with Crippen molar-refractivity contribution in [2.45, 2.75) is 57.3 Å². The van der Waals surface area contributed by atoms with Crippen molar-refractivity contribution in [2.75, 3.05) is 0 Å². The van der Waals surface area contributed by atoms with Gasteiger partial charge in [0.2, 0.25) is 5.91 Å². The maximum atomic E-state index is 12.7. The Morgan fingerprint density at radius 2 is 2.04 bits per heavy atom. The Labute approximate surface area is 149 Å². The van der Waals surface area contributed by atoms with Gasteiger partial charge in [-0.05, 0) is 44.2 Å². The number of halogens is 3. The summed E-state index contributed by atoms with van der Waals surface area (Å²) in [6.45, 7) is 3.78. The Hall–Kier alpha value is -1.71. The lowest BCUT2D eigenvalue weighted by molar-refractivity contribution is -0.141. The quantitative estimate of drug-likeness (QED) is 0.758. The third-order valence-corrected chi connectivity index (χ3v) is 5.51. The second-order valence-electron chi connectivity index (χ2n) is 7.42. The number of rotatable bonds is 3. The fourth-order valence-corrected chi connectivity index (χ4v) is 3.99. The standard InChI is InChI=1S/C17H22F3N5O/c1-8(11-5-6-12(21-7-11)17(18,19)20)25-15-13(14(24-25)10-3-4-10)16(26)23-9(2)22-15/h5-10,13-15,22,24H,3-4H2,1-2H3,(H,23,26)/t8-,9?,13?,14?,15?/m1/s1. The van der Waals surface area contributed by atoms with E-state index in [0.717, 1.165) is 18.9 Å². The van der Waals surface area contributed by atoms with E-state index in [2.05, 4.69) is 21.0 Å². The van der Waals surface area contributed by atoms with Crippen molar-refractivity contribution in [1.29, 1.82) is 0 Å². The zero-order chi connectivity index (χ0) is 18.6. The second-order valence-corrected chi connectivity index (χ2v) is 7.42. The maximum Gasteiger partial charge on any atom is 0.433 e. The Balaban J connectivity index is 1.58. The third-order valence-electron chi connectivity index (χ3n) is 5.51. The molecule has 0 bridgehead atoms. The largest absolute Gasteiger partial charge is 0.433 e. The fourth-order valence-electron chi connectivity index (χ4n) is 3.99. The van der Waals surface area contributed by atoms with E-state index >= 15 is 0 Å². The minimum absolute atomic E-state index is 0.0193. The van der Waals surface area contributed by atoms with Crippen LogP contribution in [0.2, 0.25) is 0 Å². The number of nitrogens with one attached hydrogen (secondary N) is 3. The number of hydrogen-bond donors (Lipinski definition) is 3. The monoisotopic (exact) mass is 369 g/mol. The van der Waals surface area contributed by atoms with Gasteiger partial charge in [-0.1, -0.05) is 6.07 Å². The van der Waals surface area contributed by atoms with E-state index in [1.54, 1.807) is 0 Å².